The molecule has 1 aliphatic rings. The Morgan fingerprint density at radius 1 is 1.30 bits per heavy atom. The first-order chi connectivity index (χ1) is 17.8. The van der Waals surface area contributed by atoms with Crippen LogP contribution in [-0.2, 0) is 11.2 Å². The van der Waals surface area contributed by atoms with E-state index >= 15 is 0 Å². The second-order valence-corrected chi connectivity index (χ2v) is 9.39. The van der Waals surface area contributed by atoms with E-state index in [-0.39, 0.29) is 54.3 Å². The van der Waals surface area contributed by atoms with Crippen molar-refractivity contribution in [2.45, 2.75) is 31.7 Å². The number of halogens is 1. The van der Waals surface area contributed by atoms with Crippen LogP contribution in [0.3, 0.4) is 0 Å². The van der Waals surface area contributed by atoms with Crippen molar-refractivity contribution in [1.29, 1.82) is 0 Å². The minimum absolute atomic E-state index is 0.00755. The lowest BCUT2D eigenvalue weighted by Gasteiger charge is -2.33. The summed E-state index contributed by atoms with van der Waals surface area (Å²) in [6.07, 6.45) is 3.79. The van der Waals surface area contributed by atoms with Gasteiger partial charge in [-0.15, -0.1) is 0 Å². The number of nitrogens with one attached hydrogen (secondary N) is 2. The lowest BCUT2D eigenvalue weighted by Crippen LogP contribution is -2.48. The number of piperidine rings is 1. The molecule has 0 radical (unpaired) electrons. The third-order valence-electron chi connectivity index (χ3n) is 6.26. The number of aromatic nitrogens is 2. The molecule has 2 heterocycles. The molecule has 0 aliphatic carbocycles. The number of hydrogen-bond acceptors (Lipinski definition) is 9. The van der Waals surface area contributed by atoms with E-state index < -0.39 is 0 Å². The zero-order chi connectivity index (χ0) is 26.8. The van der Waals surface area contributed by atoms with Crippen LogP contribution in [-0.4, -0.2) is 96.2 Å². The predicted octanol–water partition coefficient (Wildman–Crippen LogP) is 1.41. The Bertz CT molecular complexity index is 1050. The smallest absolute Gasteiger partial charge is 0.274 e. The van der Waals surface area contributed by atoms with E-state index in [1.54, 1.807) is 14.1 Å². The molecule has 0 spiro atoms. The fraction of sp³-hybridized carbons (Fsp3) is 0.520. The van der Waals surface area contributed by atoms with Crippen molar-refractivity contribution in [3.8, 4) is 5.75 Å². The van der Waals surface area contributed by atoms with Gasteiger partial charge >= 0.3 is 0 Å². The molecule has 1 unspecified atom stereocenters. The van der Waals surface area contributed by atoms with Crippen LogP contribution in [0.1, 0.15) is 35.3 Å². The maximum Gasteiger partial charge on any atom is 0.274 e. The van der Waals surface area contributed by atoms with Crippen molar-refractivity contribution in [2.24, 2.45) is 0 Å². The van der Waals surface area contributed by atoms with Gasteiger partial charge in [0, 0.05) is 33.2 Å². The molecule has 2 aromatic rings. The number of anilines is 2. The number of nitrogens with zero attached hydrogens (tertiary/aromatic N) is 4. The third kappa shape index (κ3) is 8.44. The van der Waals surface area contributed by atoms with Crippen molar-refractivity contribution in [3.05, 3.63) is 40.7 Å². The number of aliphatic hydroxyl groups is 1. The summed E-state index contributed by atoms with van der Waals surface area (Å²) in [6, 6.07) is 7.77. The first-order valence-electron chi connectivity index (χ1n) is 12.4. The molecule has 12 heteroatoms. The standard InChI is InChI=1S/C25H36ClN7O4/c1-28-24-21(30-22(26)23(27)31-24)25(36)29-18-6-4-12-33(15-18)11-3-5-17-7-9-19(10-8-17)37-16-20(35)32(2)13-14-34/h7-10,18,34H,3-6,11-16H2,1-2H3,(H,29,36)(H3,27,28,31). The highest BCUT2D eigenvalue weighted by Crippen LogP contribution is 2.20. The van der Waals surface area contributed by atoms with Crippen LogP contribution < -0.4 is 21.1 Å². The Morgan fingerprint density at radius 2 is 2.05 bits per heavy atom. The van der Waals surface area contributed by atoms with Crippen molar-refractivity contribution < 1.29 is 19.4 Å². The quantitative estimate of drug-likeness (QED) is 0.318. The summed E-state index contributed by atoms with van der Waals surface area (Å²) >= 11 is 5.97. The number of aryl methyl sites for hydroxylation is 1. The molecule has 202 valence electrons. The molecule has 2 amide bonds. The molecule has 1 aromatic carbocycles. The summed E-state index contributed by atoms with van der Waals surface area (Å²) in [7, 11) is 3.28. The molecular formula is C25H36ClN7O4. The Labute approximate surface area is 222 Å². The van der Waals surface area contributed by atoms with Crippen LogP contribution >= 0.6 is 11.6 Å². The average molecular weight is 534 g/mol. The van der Waals surface area contributed by atoms with Crippen molar-refractivity contribution in [1.82, 2.24) is 25.1 Å². The molecule has 3 rings (SSSR count). The van der Waals surface area contributed by atoms with Crippen LogP contribution in [0.15, 0.2) is 24.3 Å². The van der Waals surface area contributed by atoms with E-state index in [9.17, 15) is 9.59 Å². The Kier molecular flexibility index (Phi) is 10.7. The van der Waals surface area contributed by atoms with Crippen molar-refractivity contribution in [3.63, 3.8) is 0 Å². The van der Waals surface area contributed by atoms with E-state index in [2.05, 4.69) is 25.5 Å². The molecular weight excluding hydrogens is 498 g/mol. The highest BCUT2D eigenvalue weighted by atomic mass is 35.5. The zero-order valence-corrected chi connectivity index (χ0v) is 22.1. The van der Waals surface area contributed by atoms with E-state index in [0.717, 1.165) is 45.3 Å². The molecule has 1 atom stereocenters. The zero-order valence-electron chi connectivity index (χ0n) is 21.4. The van der Waals surface area contributed by atoms with E-state index in [1.165, 1.54) is 10.5 Å². The molecule has 5 N–H and O–H groups in total. The van der Waals surface area contributed by atoms with Gasteiger partial charge in [0.1, 0.15) is 5.75 Å². The van der Waals surface area contributed by atoms with E-state index in [1.807, 2.05) is 24.3 Å². The van der Waals surface area contributed by atoms with Gasteiger partial charge in [-0.05, 0) is 56.5 Å². The summed E-state index contributed by atoms with van der Waals surface area (Å²) in [6.45, 7) is 2.84. The van der Waals surface area contributed by atoms with Crippen LogP contribution in [0.2, 0.25) is 5.15 Å². The number of likely N-dealkylation sites (N-methyl/N-ethyl adjacent to an activating group) is 1. The fourth-order valence-corrected chi connectivity index (χ4v) is 4.31. The largest absolute Gasteiger partial charge is 0.484 e. The number of carbonyl (C=O) groups is 2. The van der Waals surface area contributed by atoms with Gasteiger partial charge in [-0.2, -0.15) is 0 Å². The predicted molar refractivity (Wildman–Crippen MR) is 143 cm³/mol. The van der Waals surface area contributed by atoms with Gasteiger partial charge in [0.05, 0.1) is 6.61 Å². The normalized spacial score (nSPS) is 15.7. The minimum atomic E-state index is -0.324. The van der Waals surface area contributed by atoms with Crippen molar-refractivity contribution in [2.75, 3.05) is 64.5 Å². The minimum Gasteiger partial charge on any atom is -0.484 e. The van der Waals surface area contributed by atoms with Crippen molar-refractivity contribution >= 4 is 35.1 Å². The number of aliphatic hydroxyl groups excluding tert-OH is 1. The van der Waals surface area contributed by atoms with Gasteiger partial charge in [-0.1, -0.05) is 23.7 Å². The molecule has 1 fully saturated rings. The molecule has 1 aliphatic heterocycles. The van der Waals surface area contributed by atoms with Crippen LogP contribution in [0, 0.1) is 0 Å². The number of rotatable bonds is 12. The van der Waals surface area contributed by atoms with Crippen LogP contribution in [0.4, 0.5) is 11.6 Å². The number of ether oxygens (including phenoxy) is 1. The Morgan fingerprint density at radius 3 is 2.76 bits per heavy atom. The highest BCUT2D eigenvalue weighted by molar-refractivity contribution is 6.31. The number of benzene rings is 1. The number of likely N-dealkylation sites (tertiary alicyclic amines) is 1. The fourth-order valence-electron chi connectivity index (χ4n) is 4.18. The van der Waals surface area contributed by atoms with Gasteiger partial charge < -0.3 is 36.0 Å². The monoisotopic (exact) mass is 533 g/mol. The summed E-state index contributed by atoms with van der Waals surface area (Å²) in [4.78, 5) is 36.7. The SMILES string of the molecule is CNc1nc(N)c(Cl)nc1C(=O)NC1CCCN(CCCc2ccc(OCC(=O)N(C)CCO)cc2)C1. The van der Waals surface area contributed by atoms with Gasteiger partial charge in [0.25, 0.3) is 11.8 Å². The summed E-state index contributed by atoms with van der Waals surface area (Å²) in [5, 5.41) is 14.8. The molecule has 1 aromatic heterocycles. The number of nitrogens with two attached hydrogens (primary N) is 1. The highest BCUT2D eigenvalue weighted by Gasteiger charge is 2.24. The number of hydrogen-bond donors (Lipinski definition) is 4. The maximum absolute atomic E-state index is 12.8. The lowest BCUT2D eigenvalue weighted by atomic mass is 10.0. The van der Waals surface area contributed by atoms with Gasteiger partial charge in [-0.3, -0.25) is 9.59 Å². The second kappa shape index (κ2) is 14.0. The molecule has 11 nitrogen and oxygen atoms in total. The van der Waals surface area contributed by atoms with Gasteiger partial charge in [0.2, 0.25) is 0 Å². The molecule has 37 heavy (non-hydrogen) atoms. The Hall–Kier alpha value is -3.15. The molecule has 0 bridgehead atoms. The summed E-state index contributed by atoms with van der Waals surface area (Å²) in [5.41, 5.74) is 7.02. The van der Waals surface area contributed by atoms with E-state index in [4.69, 9.17) is 27.2 Å². The van der Waals surface area contributed by atoms with E-state index in [0.29, 0.717) is 11.6 Å². The lowest BCUT2D eigenvalue weighted by molar-refractivity contribution is -0.132. The third-order valence-corrected chi connectivity index (χ3v) is 6.54. The number of carbonyl (C=O) groups excluding carboxylic acids is 2. The Balaban J connectivity index is 1.42. The van der Waals surface area contributed by atoms with Gasteiger partial charge in [-0.25, -0.2) is 9.97 Å². The second-order valence-electron chi connectivity index (χ2n) is 9.04. The average Bonchev–Trinajstić information content (AvgIpc) is 2.89. The maximum atomic E-state index is 12.8. The number of amides is 2. The van der Waals surface area contributed by atoms with Gasteiger partial charge in [0.15, 0.2) is 29.1 Å². The topological polar surface area (TPSA) is 146 Å². The summed E-state index contributed by atoms with van der Waals surface area (Å²) in [5.74, 6) is 0.504. The van der Waals surface area contributed by atoms with Crippen LogP contribution in [0.25, 0.3) is 0 Å². The molecule has 0 saturated carbocycles. The first kappa shape index (κ1) is 28.4. The van der Waals surface area contributed by atoms with Crippen LogP contribution in [0.5, 0.6) is 5.75 Å². The summed E-state index contributed by atoms with van der Waals surface area (Å²) < 4.78 is 5.55. The number of nitrogen functional groups attached to an aromatic ring is 1. The molecule has 1 saturated heterocycles. The first-order valence-corrected chi connectivity index (χ1v) is 12.8.